The van der Waals surface area contributed by atoms with Crippen LogP contribution in [0.2, 0.25) is 0 Å². The van der Waals surface area contributed by atoms with Crippen molar-refractivity contribution in [2.75, 3.05) is 0 Å². The highest BCUT2D eigenvalue weighted by Gasteiger charge is 2.10. The van der Waals surface area contributed by atoms with Crippen LogP contribution in [0.5, 0.6) is 0 Å². The van der Waals surface area contributed by atoms with E-state index in [9.17, 15) is 4.79 Å². The average molecular weight is 310 g/mol. The minimum atomic E-state index is -0.0997. The summed E-state index contributed by atoms with van der Waals surface area (Å²) in [6, 6.07) is 7.48. The van der Waals surface area contributed by atoms with Crippen LogP contribution in [0.3, 0.4) is 0 Å². The van der Waals surface area contributed by atoms with E-state index < -0.39 is 0 Å². The van der Waals surface area contributed by atoms with E-state index in [1.54, 1.807) is 17.1 Å². The maximum Gasteiger partial charge on any atom is 0.251 e. The Morgan fingerprint density at radius 1 is 1.26 bits per heavy atom. The Morgan fingerprint density at radius 2 is 2.04 bits per heavy atom. The molecular formula is C16H18N6O. The third kappa shape index (κ3) is 3.45. The van der Waals surface area contributed by atoms with Crippen LogP contribution >= 0.6 is 0 Å². The van der Waals surface area contributed by atoms with Gasteiger partial charge in [-0.3, -0.25) is 9.89 Å². The van der Waals surface area contributed by atoms with E-state index in [0.717, 1.165) is 22.5 Å². The summed E-state index contributed by atoms with van der Waals surface area (Å²) in [5, 5.41) is 17.7. The van der Waals surface area contributed by atoms with Gasteiger partial charge in [-0.05, 0) is 31.5 Å². The molecule has 0 aliphatic rings. The van der Waals surface area contributed by atoms with E-state index in [1.165, 1.54) is 0 Å². The van der Waals surface area contributed by atoms with Gasteiger partial charge in [0.15, 0.2) is 0 Å². The molecule has 0 unspecified atom stereocenters. The van der Waals surface area contributed by atoms with Gasteiger partial charge >= 0.3 is 0 Å². The number of benzene rings is 1. The molecular weight excluding hydrogens is 292 g/mol. The van der Waals surface area contributed by atoms with Crippen LogP contribution in [0.4, 0.5) is 0 Å². The van der Waals surface area contributed by atoms with Gasteiger partial charge in [0.05, 0.1) is 18.4 Å². The molecule has 0 bridgehead atoms. The highest BCUT2D eigenvalue weighted by molar-refractivity contribution is 5.94. The third-order valence-electron chi connectivity index (χ3n) is 3.74. The first-order chi connectivity index (χ1) is 11.1. The van der Waals surface area contributed by atoms with Gasteiger partial charge in [0, 0.05) is 29.6 Å². The predicted molar refractivity (Wildman–Crippen MR) is 84.8 cm³/mol. The van der Waals surface area contributed by atoms with Crippen molar-refractivity contribution in [1.29, 1.82) is 0 Å². The lowest BCUT2D eigenvalue weighted by molar-refractivity contribution is 0.0951. The van der Waals surface area contributed by atoms with Crippen molar-refractivity contribution in [3.05, 3.63) is 64.7 Å². The van der Waals surface area contributed by atoms with Gasteiger partial charge in [-0.2, -0.15) is 5.10 Å². The highest BCUT2D eigenvalue weighted by Crippen LogP contribution is 2.10. The maximum atomic E-state index is 12.2. The summed E-state index contributed by atoms with van der Waals surface area (Å²) < 4.78 is 1.74. The summed E-state index contributed by atoms with van der Waals surface area (Å²) in [5.74, 6) is -0.0997. The van der Waals surface area contributed by atoms with Crippen LogP contribution in [0.15, 0.2) is 36.7 Å². The Labute approximate surface area is 133 Å². The molecule has 2 N–H and O–H groups in total. The van der Waals surface area contributed by atoms with Gasteiger partial charge in [0.25, 0.3) is 5.91 Å². The maximum absolute atomic E-state index is 12.2. The quantitative estimate of drug-likeness (QED) is 0.749. The van der Waals surface area contributed by atoms with Crippen LogP contribution in [0, 0.1) is 13.8 Å². The summed E-state index contributed by atoms with van der Waals surface area (Å²) >= 11 is 0. The topological polar surface area (TPSA) is 88.5 Å². The van der Waals surface area contributed by atoms with E-state index in [0.29, 0.717) is 18.7 Å². The number of carbonyl (C=O) groups is 1. The van der Waals surface area contributed by atoms with Crippen molar-refractivity contribution in [2.45, 2.75) is 26.9 Å². The number of aromatic amines is 1. The van der Waals surface area contributed by atoms with E-state index in [4.69, 9.17) is 0 Å². The van der Waals surface area contributed by atoms with E-state index in [1.807, 2.05) is 38.1 Å². The number of nitrogens with one attached hydrogen (secondary N) is 2. The minimum Gasteiger partial charge on any atom is -0.348 e. The molecule has 7 nitrogen and oxygen atoms in total. The number of nitrogens with zero attached hydrogens (tertiary/aromatic N) is 4. The predicted octanol–water partition coefficient (Wildman–Crippen LogP) is 1.60. The van der Waals surface area contributed by atoms with Crippen LogP contribution < -0.4 is 5.32 Å². The summed E-state index contributed by atoms with van der Waals surface area (Å²) in [4.78, 5) is 12.2. The van der Waals surface area contributed by atoms with Crippen LogP contribution in [0.1, 0.15) is 32.9 Å². The van der Waals surface area contributed by atoms with Gasteiger partial charge < -0.3 is 5.32 Å². The smallest absolute Gasteiger partial charge is 0.251 e. The summed E-state index contributed by atoms with van der Waals surface area (Å²) in [5.41, 5.74) is 4.61. The molecule has 2 aromatic heterocycles. The molecule has 3 aromatic rings. The molecule has 0 saturated carbocycles. The number of carbonyl (C=O) groups excluding carboxylic acids is 1. The van der Waals surface area contributed by atoms with Crippen LogP contribution in [-0.4, -0.2) is 31.1 Å². The number of aromatic nitrogens is 5. The van der Waals surface area contributed by atoms with Gasteiger partial charge in [0.2, 0.25) is 0 Å². The first-order valence-electron chi connectivity index (χ1n) is 7.35. The molecule has 0 saturated heterocycles. The second-order valence-corrected chi connectivity index (χ2v) is 5.39. The van der Waals surface area contributed by atoms with Crippen molar-refractivity contribution in [1.82, 2.24) is 30.5 Å². The monoisotopic (exact) mass is 310 g/mol. The van der Waals surface area contributed by atoms with Crippen molar-refractivity contribution in [3.8, 4) is 0 Å². The molecule has 0 aliphatic heterocycles. The van der Waals surface area contributed by atoms with Gasteiger partial charge in [-0.1, -0.05) is 17.3 Å². The lowest BCUT2D eigenvalue weighted by atomic mass is 10.1. The number of amides is 1. The Bertz CT molecular complexity index is 769. The fourth-order valence-corrected chi connectivity index (χ4v) is 2.37. The standard InChI is InChI=1S/C16H18N6O/c1-11-15(12(2)20-19-11)9-17-16(23)14-5-3-13(4-6-14)10-22-8-7-18-21-22/h3-8H,9-10H2,1-2H3,(H,17,23)(H,19,20). The zero-order chi connectivity index (χ0) is 16.2. The molecule has 0 fully saturated rings. The molecule has 0 spiro atoms. The lowest BCUT2D eigenvalue weighted by Gasteiger charge is -2.07. The Balaban J connectivity index is 1.61. The Kier molecular flexibility index (Phi) is 4.18. The Hall–Kier alpha value is -2.96. The number of H-pyrrole nitrogens is 1. The third-order valence-corrected chi connectivity index (χ3v) is 3.74. The molecule has 23 heavy (non-hydrogen) atoms. The second kappa shape index (κ2) is 6.43. The van der Waals surface area contributed by atoms with E-state index in [-0.39, 0.29) is 5.91 Å². The molecule has 1 amide bonds. The molecule has 0 atom stereocenters. The van der Waals surface area contributed by atoms with Crippen LogP contribution in [-0.2, 0) is 13.1 Å². The molecule has 7 heteroatoms. The van der Waals surface area contributed by atoms with Crippen molar-refractivity contribution < 1.29 is 4.79 Å². The minimum absolute atomic E-state index is 0.0997. The summed E-state index contributed by atoms with van der Waals surface area (Å²) in [6.45, 7) is 4.97. The summed E-state index contributed by atoms with van der Waals surface area (Å²) in [6.07, 6.45) is 3.44. The van der Waals surface area contributed by atoms with Crippen LogP contribution in [0.25, 0.3) is 0 Å². The van der Waals surface area contributed by atoms with E-state index >= 15 is 0 Å². The molecule has 3 rings (SSSR count). The fourth-order valence-electron chi connectivity index (χ4n) is 2.37. The molecule has 0 radical (unpaired) electrons. The van der Waals surface area contributed by atoms with Crippen molar-refractivity contribution in [3.63, 3.8) is 0 Å². The number of hydrogen-bond acceptors (Lipinski definition) is 4. The average Bonchev–Trinajstić information content (AvgIpc) is 3.17. The van der Waals surface area contributed by atoms with Crippen molar-refractivity contribution in [2.24, 2.45) is 0 Å². The van der Waals surface area contributed by atoms with Gasteiger partial charge in [0.1, 0.15) is 0 Å². The molecule has 118 valence electrons. The molecule has 1 aromatic carbocycles. The SMILES string of the molecule is Cc1n[nH]c(C)c1CNC(=O)c1ccc(Cn2ccnn2)cc1. The lowest BCUT2D eigenvalue weighted by Crippen LogP contribution is -2.23. The van der Waals surface area contributed by atoms with Gasteiger partial charge in [-0.25, -0.2) is 4.68 Å². The van der Waals surface area contributed by atoms with E-state index in [2.05, 4.69) is 25.8 Å². The van der Waals surface area contributed by atoms with Crippen molar-refractivity contribution >= 4 is 5.91 Å². The zero-order valence-electron chi connectivity index (χ0n) is 13.1. The second-order valence-electron chi connectivity index (χ2n) is 5.39. The number of aryl methyl sites for hydroxylation is 2. The number of rotatable bonds is 5. The summed E-state index contributed by atoms with van der Waals surface area (Å²) in [7, 11) is 0. The largest absolute Gasteiger partial charge is 0.348 e. The first kappa shape index (κ1) is 15.0. The number of hydrogen-bond donors (Lipinski definition) is 2. The zero-order valence-corrected chi connectivity index (χ0v) is 13.1. The molecule has 0 aliphatic carbocycles. The highest BCUT2D eigenvalue weighted by atomic mass is 16.1. The first-order valence-corrected chi connectivity index (χ1v) is 7.35. The van der Waals surface area contributed by atoms with Gasteiger partial charge in [-0.15, -0.1) is 5.10 Å². The molecule has 2 heterocycles. The normalized spacial score (nSPS) is 10.7. The fraction of sp³-hybridized carbons (Fsp3) is 0.250. The Morgan fingerprint density at radius 3 is 2.65 bits per heavy atom.